The average Bonchev–Trinajstić information content (AvgIpc) is 2.54. The van der Waals surface area contributed by atoms with Crippen molar-refractivity contribution in [1.82, 2.24) is 4.90 Å². The fraction of sp³-hybridized carbons (Fsp3) is 0.350. The Bertz CT molecular complexity index is 740. The van der Waals surface area contributed by atoms with Gasteiger partial charge in [-0.3, -0.25) is 9.69 Å². The third-order valence-corrected chi connectivity index (χ3v) is 5.49. The summed E-state index contributed by atoms with van der Waals surface area (Å²) in [6.45, 7) is 4.48. The number of anilines is 1. The lowest BCUT2D eigenvalue weighted by molar-refractivity contribution is -0.118. The van der Waals surface area contributed by atoms with E-state index in [4.69, 9.17) is 0 Å². The molecular weight excluding hydrogens is 364 g/mol. The molecule has 1 aliphatic rings. The molecule has 0 fully saturated rings. The van der Waals surface area contributed by atoms with Crippen LogP contribution in [0.5, 0.6) is 0 Å². The molecule has 24 heavy (non-hydrogen) atoms. The monoisotopic (exact) mass is 386 g/mol. The summed E-state index contributed by atoms with van der Waals surface area (Å²) >= 11 is 3.41. The Morgan fingerprint density at radius 1 is 1.21 bits per heavy atom. The summed E-state index contributed by atoms with van der Waals surface area (Å²) in [6, 6.07) is 16.3. The fourth-order valence-electron chi connectivity index (χ4n) is 3.41. The van der Waals surface area contributed by atoms with Crippen LogP contribution in [0.1, 0.15) is 37.4 Å². The fourth-order valence-corrected chi connectivity index (χ4v) is 3.67. The van der Waals surface area contributed by atoms with Crippen LogP contribution in [0, 0.1) is 0 Å². The first-order valence-electron chi connectivity index (χ1n) is 8.23. The highest BCUT2D eigenvalue weighted by Crippen LogP contribution is 2.39. The number of nitrogens with one attached hydrogen (secondary N) is 1. The smallest absolute Gasteiger partial charge is 0.226 e. The van der Waals surface area contributed by atoms with Gasteiger partial charge in [-0.1, -0.05) is 40.2 Å². The number of carbonyl (C=O) groups excluding carboxylic acids is 1. The number of likely N-dealkylation sites (N-methyl/N-ethyl adjacent to an activating group) is 1. The van der Waals surface area contributed by atoms with Crippen molar-refractivity contribution in [2.75, 3.05) is 12.4 Å². The lowest BCUT2D eigenvalue weighted by atomic mass is 9.81. The van der Waals surface area contributed by atoms with E-state index in [1.165, 1.54) is 11.1 Å². The predicted octanol–water partition coefficient (Wildman–Crippen LogP) is 4.79. The van der Waals surface area contributed by atoms with Gasteiger partial charge in [-0.05, 0) is 62.7 Å². The maximum absolute atomic E-state index is 12.6. The first-order valence-corrected chi connectivity index (χ1v) is 9.02. The molecule has 0 aromatic heterocycles. The van der Waals surface area contributed by atoms with Gasteiger partial charge in [-0.25, -0.2) is 0 Å². The highest BCUT2D eigenvalue weighted by molar-refractivity contribution is 9.10. The van der Waals surface area contributed by atoms with Crippen LogP contribution in [0.25, 0.3) is 0 Å². The largest absolute Gasteiger partial charge is 0.326 e. The quantitative estimate of drug-likeness (QED) is 0.822. The van der Waals surface area contributed by atoms with Gasteiger partial charge in [0.25, 0.3) is 0 Å². The first kappa shape index (κ1) is 17.2. The summed E-state index contributed by atoms with van der Waals surface area (Å²) in [4.78, 5) is 14.9. The molecule has 0 bridgehead atoms. The number of benzene rings is 2. The van der Waals surface area contributed by atoms with Crippen LogP contribution in [0.2, 0.25) is 0 Å². The van der Waals surface area contributed by atoms with Crippen molar-refractivity contribution in [3.05, 3.63) is 64.1 Å². The lowest BCUT2D eigenvalue weighted by Crippen LogP contribution is -2.49. The molecule has 1 N–H and O–H groups in total. The van der Waals surface area contributed by atoms with E-state index in [-0.39, 0.29) is 17.5 Å². The van der Waals surface area contributed by atoms with Crippen LogP contribution in [0.15, 0.2) is 53.0 Å². The van der Waals surface area contributed by atoms with Gasteiger partial charge in [0.2, 0.25) is 5.91 Å². The van der Waals surface area contributed by atoms with Crippen LogP contribution in [-0.2, 0) is 11.2 Å². The van der Waals surface area contributed by atoms with Crippen molar-refractivity contribution in [2.24, 2.45) is 0 Å². The van der Waals surface area contributed by atoms with Gasteiger partial charge in [0.1, 0.15) is 0 Å². The minimum Gasteiger partial charge on any atom is -0.326 e. The third-order valence-electron chi connectivity index (χ3n) is 4.97. The van der Waals surface area contributed by atoms with Crippen molar-refractivity contribution in [3.8, 4) is 0 Å². The maximum atomic E-state index is 12.6. The second-order valence-electron chi connectivity index (χ2n) is 7.07. The Hall–Kier alpha value is -1.65. The van der Waals surface area contributed by atoms with Gasteiger partial charge in [0.15, 0.2) is 0 Å². The molecule has 1 aliphatic heterocycles. The first-order chi connectivity index (χ1) is 11.4. The van der Waals surface area contributed by atoms with E-state index in [9.17, 15) is 4.79 Å². The van der Waals surface area contributed by atoms with Crippen LogP contribution < -0.4 is 5.32 Å². The summed E-state index contributed by atoms with van der Waals surface area (Å²) in [6.07, 6.45) is 1.46. The molecule has 0 unspecified atom stereocenters. The van der Waals surface area contributed by atoms with Gasteiger partial charge in [0, 0.05) is 28.2 Å². The zero-order valence-corrected chi connectivity index (χ0v) is 15.9. The second kappa shape index (κ2) is 6.69. The van der Waals surface area contributed by atoms with E-state index in [2.05, 4.69) is 71.3 Å². The molecule has 0 saturated carbocycles. The molecular formula is C20H23BrN2O. The Kier molecular flexibility index (Phi) is 4.79. The zero-order valence-electron chi connectivity index (χ0n) is 14.3. The van der Waals surface area contributed by atoms with E-state index < -0.39 is 0 Å². The predicted molar refractivity (Wildman–Crippen MR) is 102 cm³/mol. The van der Waals surface area contributed by atoms with Crippen molar-refractivity contribution in [2.45, 2.75) is 38.3 Å². The number of hydrogen-bond acceptors (Lipinski definition) is 2. The number of fused-ring (bicyclic) bond motifs is 1. The van der Waals surface area contributed by atoms with Crippen LogP contribution in [0.4, 0.5) is 5.69 Å². The summed E-state index contributed by atoms with van der Waals surface area (Å²) in [5.74, 6) is 0.0432. The summed E-state index contributed by atoms with van der Waals surface area (Å²) in [5, 5.41) is 3.01. The molecule has 126 valence electrons. The molecule has 0 saturated heterocycles. The number of halogens is 1. The van der Waals surface area contributed by atoms with Gasteiger partial charge in [-0.15, -0.1) is 0 Å². The van der Waals surface area contributed by atoms with Crippen molar-refractivity contribution < 1.29 is 4.79 Å². The molecule has 3 rings (SSSR count). The van der Waals surface area contributed by atoms with Crippen LogP contribution in [0.3, 0.4) is 0 Å². The van der Waals surface area contributed by atoms with Gasteiger partial charge in [0.05, 0.1) is 0 Å². The van der Waals surface area contributed by atoms with E-state index in [0.29, 0.717) is 6.42 Å². The maximum Gasteiger partial charge on any atom is 0.226 e. The van der Waals surface area contributed by atoms with E-state index in [1.807, 2.05) is 24.3 Å². The zero-order chi connectivity index (χ0) is 17.3. The molecule has 2 aromatic carbocycles. The van der Waals surface area contributed by atoms with E-state index in [0.717, 1.165) is 16.6 Å². The number of rotatable bonds is 3. The number of hydrogen-bond donors (Lipinski definition) is 1. The van der Waals surface area contributed by atoms with Crippen LogP contribution in [-0.4, -0.2) is 23.4 Å². The third kappa shape index (κ3) is 3.55. The summed E-state index contributed by atoms with van der Waals surface area (Å²) in [7, 11) is 2.12. The SMILES string of the molecule is CN1[C@@H](CC(=O)Nc2ccc(Br)cc2)c2ccccc2CC1(C)C. The van der Waals surface area contributed by atoms with Crippen molar-refractivity contribution in [3.63, 3.8) is 0 Å². The standard InChI is InChI=1S/C20H23BrN2O/c1-20(2)13-14-6-4-5-7-17(14)18(23(20)3)12-19(24)22-16-10-8-15(21)9-11-16/h4-11,18H,12-13H2,1-3H3,(H,22,24)/t18-/m0/s1. The van der Waals surface area contributed by atoms with Crippen LogP contribution >= 0.6 is 15.9 Å². The second-order valence-corrected chi connectivity index (χ2v) is 7.99. The molecule has 1 amide bonds. The minimum atomic E-state index is 0.0386. The van der Waals surface area contributed by atoms with E-state index >= 15 is 0 Å². The molecule has 0 aliphatic carbocycles. The summed E-state index contributed by atoms with van der Waals surface area (Å²) < 4.78 is 1.00. The molecule has 0 radical (unpaired) electrons. The van der Waals surface area contributed by atoms with Gasteiger partial charge < -0.3 is 5.32 Å². The molecule has 3 nitrogen and oxygen atoms in total. The Balaban J connectivity index is 1.80. The van der Waals surface area contributed by atoms with Crippen molar-refractivity contribution >= 4 is 27.5 Å². The summed E-state index contributed by atoms with van der Waals surface area (Å²) in [5.41, 5.74) is 3.48. The van der Waals surface area contributed by atoms with E-state index in [1.54, 1.807) is 0 Å². The molecule has 2 aromatic rings. The molecule has 4 heteroatoms. The molecule has 1 heterocycles. The Morgan fingerprint density at radius 3 is 2.58 bits per heavy atom. The molecule has 0 spiro atoms. The topological polar surface area (TPSA) is 32.3 Å². The van der Waals surface area contributed by atoms with Gasteiger partial charge >= 0.3 is 0 Å². The Labute approximate surface area is 152 Å². The molecule has 1 atom stereocenters. The minimum absolute atomic E-state index is 0.0386. The Morgan fingerprint density at radius 2 is 1.88 bits per heavy atom. The number of carbonyl (C=O) groups is 1. The lowest BCUT2D eigenvalue weighted by Gasteiger charge is -2.46. The highest BCUT2D eigenvalue weighted by atomic mass is 79.9. The normalized spacial score (nSPS) is 19.6. The van der Waals surface area contributed by atoms with Gasteiger partial charge in [-0.2, -0.15) is 0 Å². The highest BCUT2D eigenvalue weighted by Gasteiger charge is 2.37. The number of nitrogens with zero attached hydrogens (tertiary/aromatic N) is 1. The van der Waals surface area contributed by atoms with Crippen molar-refractivity contribution in [1.29, 1.82) is 0 Å². The average molecular weight is 387 g/mol. The number of amides is 1.